The van der Waals surface area contributed by atoms with Gasteiger partial charge in [0.15, 0.2) is 0 Å². The Morgan fingerprint density at radius 3 is 3.00 bits per heavy atom. The lowest BCUT2D eigenvalue weighted by Gasteiger charge is -2.33. The normalized spacial score (nSPS) is 17.8. The molecule has 0 N–H and O–H groups in total. The highest BCUT2D eigenvalue weighted by Crippen LogP contribution is 2.24. The maximum atomic E-state index is 13.4. The Kier molecular flexibility index (Phi) is 3.95. The molecule has 3 aromatic rings. The van der Waals surface area contributed by atoms with Crippen molar-refractivity contribution in [2.75, 3.05) is 13.1 Å². The van der Waals surface area contributed by atoms with Crippen LogP contribution in [-0.4, -0.2) is 38.4 Å². The number of hydrogen-bond acceptors (Lipinski definition) is 3. The van der Waals surface area contributed by atoms with E-state index < -0.39 is 0 Å². The molecule has 6 heteroatoms. The maximum Gasteiger partial charge on any atom is 0.255 e. The molecule has 1 aliphatic rings. The van der Waals surface area contributed by atoms with E-state index in [4.69, 9.17) is 0 Å². The number of benzene rings is 1. The minimum Gasteiger partial charge on any atom is -0.337 e. The van der Waals surface area contributed by atoms with Crippen molar-refractivity contribution in [1.82, 2.24) is 19.4 Å². The van der Waals surface area contributed by atoms with Crippen molar-refractivity contribution >= 4 is 16.8 Å². The molecule has 0 bridgehead atoms. The summed E-state index contributed by atoms with van der Waals surface area (Å²) in [6.45, 7) is 3.20. The van der Waals surface area contributed by atoms with Crippen LogP contribution in [0, 0.1) is 12.7 Å². The molecule has 1 aliphatic heterocycles. The predicted octanol–water partition coefficient (Wildman–Crippen LogP) is 3.36. The van der Waals surface area contributed by atoms with Gasteiger partial charge in [0.2, 0.25) is 0 Å². The number of aryl methyl sites for hydroxylation is 1. The Morgan fingerprint density at radius 2 is 2.20 bits per heavy atom. The molecule has 0 aliphatic carbocycles. The Hall–Kier alpha value is -2.76. The topological polar surface area (TPSA) is 51.0 Å². The molecule has 0 spiro atoms. The molecule has 1 amide bonds. The van der Waals surface area contributed by atoms with E-state index in [0.717, 1.165) is 24.8 Å². The van der Waals surface area contributed by atoms with E-state index in [2.05, 4.69) is 14.5 Å². The second-order valence-corrected chi connectivity index (χ2v) is 6.52. The zero-order chi connectivity index (χ0) is 17.4. The van der Waals surface area contributed by atoms with Crippen molar-refractivity contribution in [3.8, 4) is 0 Å². The van der Waals surface area contributed by atoms with E-state index in [-0.39, 0.29) is 17.8 Å². The van der Waals surface area contributed by atoms with Crippen LogP contribution in [-0.2, 0) is 0 Å². The van der Waals surface area contributed by atoms with Gasteiger partial charge in [0.25, 0.3) is 5.91 Å². The summed E-state index contributed by atoms with van der Waals surface area (Å²) in [6, 6.07) is 6.53. The summed E-state index contributed by atoms with van der Waals surface area (Å²) in [6.07, 6.45) is 7.50. The molecule has 1 aromatic carbocycles. The van der Waals surface area contributed by atoms with Gasteiger partial charge in [-0.15, -0.1) is 0 Å². The first-order valence-corrected chi connectivity index (χ1v) is 8.45. The molecule has 128 valence electrons. The fourth-order valence-corrected chi connectivity index (χ4v) is 3.49. The fraction of sp³-hybridized carbons (Fsp3) is 0.316. The lowest BCUT2D eigenvalue weighted by Crippen LogP contribution is -2.40. The van der Waals surface area contributed by atoms with Gasteiger partial charge in [-0.05, 0) is 38.0 Å². The number of carbonyl (C=O) groups excluding carboxylic acids is 1. The number of rotatable bonds is 2. The number of imidazole rings is 1. The maximum absolute atomic E-state index is 13.4. The Balaban J connectivity index is 1.62. The smallest absolute Gasteiger partial charge is 0.255 e. The summed E-state index contributed by atoms with van der Waals surface area (Å²) in [7, 11) is 0. The molecule has 1 fully saturated rings. The van der Waals surface area contributed by atoms with Crippen LogP contribution in [0.5, 0.6) is 0 Å². The van der Waals surface area contributed by atoms with Crippen LogP contribution >= 0.6 is 0 Å². The van der Waals surface area contributed by atoms with Crippen LogP contribution in [0.25, 0.3) is 10.9 Å². The minimum atomic E-state index is -0.322. The zero-order valence-electron chi connectivity index (χ0n) is 14.0. The van der Waals surface area contributed by atoms with E-state index in [0.29, 0.717) is 23.3 Å². The van der Waals surface area contributed by atoms with E-state index >= 15 is 0 Å². The number of nitrogens with zero attached hydrogens (tertiary/aromatic N) is 4. The molecule has 25 heavy (non-hydrogen) atoms. The largest absolute Gasteiger partial charge is 0.337 e. The number of halogens is 1. The van der Waals surface area contributed by atoms with Crippen LogP contribution in [0.3, 0.4) is 0 Å². The van der Waals surface area contributed by atoms with Gasteiger partial charge in [0.05, 0.1) is 29.1 Å². The summed E-state index contributed by atoms with van der Waals surface area (Å²) >= 11 is 0. The second-order valence-electron chi connectivity index (χ2n) is 6.52. The highest BCUT2D eigenvalue weighted by Gasteiger charge is 2.26. The van der Waals surface area contributed by atoms with Gasteiger partial charge in [-0.1, -0.05) is 0 Å². The fourth-order valence-electron chi connectivity index (χ4n) is 3.49. The van der Waals surface area contributed by atoms with E-state index in [1.807, 2.05) is 17.2 Å². The highest BCUT2D eigenvalue weighted by molar-refractivity contribution is 5.98. The van der Waals surface area contributed by atoms with E-state index in [9.17, 15) is 9.18 Å². The first kappa shape index (κ1) is 15.7. The van der Waals surface area contributed by atoms with Crippen molar-refractivity contribution in [2.24, 2.45) is 0 Å². The molecule has 0 saturated carbocycles. The summed E-state index contributed by atoms with van der Waals surface area (Å²) in [4.78, 5) is 23.4. The van der Waals surface area contributed by atoms with Gasteiger partial charge in [-0.2, -0.15) is 0 Å². The highest BCUT2D eigenvalue weighted by atomic mass is 19.1. The summed E-state index contributed by atoms with van der Waals surface area (Å²) < 4.78 is 15.4. The van der Waals surface area contributed by atoms with E-state index in [1.54, 1.807) is 25.5 Å². The number of aromatic nitrogens is 3. The quantitative estimate of drug-likeness (QED) is 0.720. The van der Waals surface area contributed by atoms with Crippen molar-refractivity contribution in [3.05, 3.63) is 60.1 Å². The molecule has 0 unspecified atom stereocenters. The number of carbonyl (C=O) groups is 1. The lowest BCUT2D eigenvalue weighted by atomic mass is 10.0. The van der Waals surface area contributed by atoms with E-state index in [1.165, 1.54) is 12.1 Å². The minimum absolute atomic E-state index is 0.0129. The van der Waals surface area contributed by atoms with Gasteiger partial charge >= 0.3 is 0 Å². The van der Waals surface area contributed by atoms with Crippen molar-refractivity contribution in [3.63, 3.8) is 0 Å². The third-order valence-electron chi connectivity index (χ3n) is 4.83. The number of pyridine rings is 1. The second kappa shape index (κ2) is 6.27. The Labute approximate surface area is 145 Å². The third-order valence-corrected chi connectivity index (χ3v) is 4.83. The van der Waals surface area contributed by atoms with Crippen LogP contribution < -0.4 is 0 Å². The van der Waals surface area contributed by atoms with Gasteiger partial charge in [-0.3, -0.25) is 9.78 Å². The Morgan fingerprint density at radius 1 is 1.32 bits per heavy atom. The summed E-state index contributed by atoms with van der Waals surface area (Å²) in [5, 5.41) is 0.776. The lowest BCUT2D eigenvalue weighted by molar-refractivity contribution is 0.0678. The number of fused-ring (bicyclic) bond motifs is 1. The third kappa shape index (κ3) is 2.99. The average Bonchev–Trinajstić information content (AvgIpc) is 3.15. The van der Waals surface area contributed by atoms with Gasteiger partial charge < -0.3 is 9.47 Å². The molecule has 2 aromatic heterocycles. The molecule has 1 saturated heterocycles. The van der Waals surface area contributed by atoms with Crippen molar-refractivity contribution in [1.29, 1.82) is 0 Å². The molecule has 1 atom stereocenters. The van der Waals surface area contributed by atoms with Gasteiger partial charge in [-0.25, -0.2) is 9.37 Å². The number of likely N-dealkylation sites (tertiary alicyclic amines) is 1. The number of hydrogen-bond donors (Lipinski definition) is 0. The van der Waals surface area contributed by atoms with Crippen molar-refractivity contribution in [2.45, 2.75) is 25.8 Å². The standard InChI is InChI=1S/C19H19FN4O/c1-13-17(9-14-4-5-15(20)10-18(14)22-13)19(25)23-7-2-3-16(11-23)24-8-6-21-12-24/h4-6,8-10,12,16H,2-3,7,11H2,1H3/t16-/m0/s1. The van der Waals surface area contributed by atoms with Crippen LogP contribution in [0.1, 0.15) is 34.9 Å². The van der Waals surface area contributed by atoms with Crippen LogP contribution in [0.2, 0.25) is 0 Å². The van der Waals surface area contributed by atoms with Crippen LogP contribution in [0.4, 0.5) is 4.39 Å². The van der Waals surface area contributed by atoms with Crippen molar-refractivity contribution < 1.29 is 9.18 Å². The average molecular weight is 338 g/mol. The summed E-state index contributed by atoms with van der Waals surface area (Å²) in [5.41, 5.74) is 1.79. The molecular weight excluding hydrogens is 319 g/mol. The molecule has 4 rings (SSSR count). The molecular formula is C19H19FN4O. The Bertz CT molecular complexity index is 923. The van der Waals surface area contributed by atoms with Gasteiger partial charge in [0, 0.05) is 36.9 Å². The SMILES string of the molecule is Cc1nc2cc(F)ccc2cc1C(=O)N1CCC[C@H](n2ccnc2)C1. The van der Waals surface area contributed by atoms with Crippen LogP contribution in [0.15, 0.2) is 43.0 Å². The molecule has 5 nitrogen and oxygen atoms in total. The first-order valence-electron chi connectivity index (χ1n) is 8.45. The molecule has 0 radical (unpaired) electrons. The molecule has 3 heterocycles. The predicted molar refractivity (Wildman–Crippen MR) is 92.8 cm³/mol. The van der Waals surface area contributed by atoms with Gasteiger partial charge in [0.1, 0.15) is 5.82 Å². The number of piperidine rings is 1. The monoisotopic (exact) mass is 338 g/mol. The number of amides is 1. The first-order chi connectivity index (χ1) is 12.1. The zero-order valence-corrected chi connectivity index (χ0v) is 14.0. The summed E-state index contributed by atoms with van der Waals surface area (Å²) in [5.74, 6) is -0.335.